The molecule has 4 rings (SSSR count). The number of sulfonamides is 1. The van der Waals surface area contributed by atoms with Crippen molar-refractivity contribution in [2.24, 2.45) is 0 Å². The first-order valence-electron chi connectivity index (χ1n) is 8.35. The van der Waals surface area contributed by atoms with Crippen LogP contribution in [0.25, 0.3) is 0 Å². The van der Waals surface area contributed by atoms with Gasteiger partial charge in [-0.1, -0.05) is 12.1 Å². The summed E-state index contributed by atoms with van der Waals surface area (Å²) < 4.78 is 26.9. The standard InChI is InChI=1S/C18H20N2O3S2/c1-13(21)14-2-4-17(5-3-14)25(22,23)20-11-16(12-20)19-8-6-18-15(10-19)7-9-24-18/h2-5,7,9,16H,6,8,10-12H2,1H3. The van der Waals surface area contributed by atoms with Gasteiger partial charge in [0.25, 0.3) is 0 Å². The lowest BCUT2D eigenvalue weighted by Gasteiger charge is -2.45. The van der Waals surface area contributed by atoms with Gasteiger partial charge in [-0.15, -0.1) is 11.3 Å². The molecule has 1 fully saturated rings. The van der Waals surface area contributed by atoms with Crippen molar-refractivity contribution in [2.75, 3.05) is 19.6 Å². The van der Waals surface area contributed by atoms with Crippen molar-refractivity contribution in [3.63, 3.8) is 0 Å². The normalized spacial score (nSPS) is 19.4. The fraction of sp³-hybridized carbons (Fsp3) is 0.389. The molecule has 0 aliphatic carbocycles. The summed E-state index contributed by atoms with van der Waals surface area (Å²) in [6, 6.07) is 8.68. The van der Waals surface area contributed by atoms with E-state index in [0.29, 0.717) is 24.7 Å². The number of fused-ring (bicyclic) bond motifs is 1. The fourth-order valence-electron chi connectivity index (χ4n) is 3.44. The maximum absolute atomic E-state index is 12.7. The Bertz CT molecular complexity index is 897. The summed E-state index contributed by atoms with van der Waals surface area (Å²) in [5.41, 5.74) is 1.91. The maximum atomic E-state index is 12.7. The van der Waals surface area contributed by atoms with Crippen molar-refractivity contribution in [3.8, 4) is 0 Å². The van der Waals surface area contributed by atoms with Crippen LogP contribution in [0.3, 0.4) is 0 Å². The van der Waals surface area contributed by atoms with E-state index in [4.69, 9.17) is 0 Å². The van der Waals surface area contributed by atoms with E-state index in [9.17, 15) is 13.2 Å². The van der Waals surface area contributed by atoms with Crippen LogP contribution in [0.1, 0.15) is 27.7 Å². The molecule has 0 amide bonds. The van der Waals surface area contributed by atoms with E-state index in [1.807, 2.05) is 11.3 Å². The zero-order chi connectivity index (χ0) is 17.6. The fourth-order valence-corrected chi connectivity index (χ4v) is 5.84. The second-order valence-corrected chi connectivity index (χ2v) is 9.58. The third kappa shape index (κ3) is 3.06. The first-order valence-corrected chi connectivity index (χ1v) is 10.7. The minimum atomic E-state index is -3.47. The van der Waals surface area contributed by atoms with Gasteiger partial charge in [0, 0.05) is 42.7 Å². The van der Waals surface area contributed by atoms with E-state index < -0.39 is 10.0 Å². The number of ketones is 1. The lowest BCUT2D eigenvalue weighted by Crippen LogP contribution is -2.61. The quantitative estimate of drug-likeness (QED) is 0.769. The molecule has 0 radical (unpaired) electrons. The third-order valence-corrected chi connectivity index (χ3v) is 7.95. The number of hydrogen-bond donors (Lipinski definition) is 0. The molecule has 0 atom stereocenters. The second kappa shape index (κ2) is 6.32. The van der Waals surface area contributed by atoms with Crippen molar-refractivity contribution in [1.29, 1.82) is 0 Å². The molecule has 1 aromatic carbocycles. The van der Waals surface area contributed by atoms with Crippen LogP contribution in [0, 0.1) is 0 Å². The number of hydrogen-bond acceptors (Lipinski definition) is 5. The zero-order valence-corrected chi connectivity index (χ0v) is 15.6. The van der Waals surface area contributed by atoms with Crippen molar-refractivity contribution in [1.82, 2.24) is 9.21 Å². The molecule has 0 spiro atoms. The molecule has 0 N–H and O–H groups in total. The van der Waals surface area contributed by atoms with Gasteiger partial charge in [-0.2, -0.15) is 4.31 Å². The lowest BCUT2D eigenvalue weighted by molar-refractivity contribution is 0.0775. The summed E-state index contributed by atoms with van der Waals surface area (Å²) in [4.78, 5) is 15.4. The van der Waals surface area contributed by atoms with Gasteiger partial charge in [0.2, 0.25) is 10.0 Å². The molecule has 2 aromatic rings. The maximum Gasteiger partial charge on any atom is 0.243 e. The number of nitrogens with zero attached hydrogens (tertiary/aromatic N) is 2. The summed E-state index contributed by atoms with van der Waals surface area (Å²) in [7, 11) is -3.47. The number of Topliss-reactive ketones (excluding diaryl/α,β-unsaturated/α-hetero) is 1. The molecule has 7 heteroatoms. The molecule has 0 unspecified atom stereocenters. The number of thiophene rings is 1. The molecule has 2 aliphatic heterocycles. The van der Waals surface area contributed by atoms with E-state index in [1.54, 1.807) is 12.1 Å². The van der Waals surface area contributed by atoms with Crippen LogP contribution in [0.2, 0.25) is 0 Å². The molecule has 0 saturated carbocycles. The van der Waals surface area contributed by atoms with Crippen molar-refractivity contribution >= 4 is 27.1 Å². The van der Waals surface area contributed by atoms with Crippen LogP contribution < -0.4 is 0 Å². The molecule has 5 nitrogen and oxygen atoms in total. The molecule has 2 aliphatic rings. The summed E-state index contributed by atoms with van der Waals surface area (Å²) in [6.07, 6.45) is 1.06. The summed E-state index contributed by atoms with van der Waals surface area (Å²) in [6.45, 7) is 4.47. The van der Waals surface area contributed by atoms with Crippen LogP contribution in [0.5, 0.6) is 0 Å². The van der Waals surface area contributed by atoms with E-state index in [2.05, 4.69) is 16.3 Å². The zero-order valence-electron chi connectivity index (χ0n) is 14.0. The van der Waals surface area contributed by atoms with Crippen molar-refractivity contribution in [2.45, 2.75) is 30.8 Å². The predicted octanol–water partition coefficient (Wildman–Crippen LogP) is 2.38. The Kier molecular flexibility index (Phi) is 4.27. The molecule has 0 bridgehead atoms. The number of rotatable bonds is 4. The van der Waals surface area contributed by atoms with E-state index in [1.165, 1.54) is 33.8 Å². The topological polar surface area (TPSA) is 57.7 Å². The van der Waals surface area contributed by atoms with Gasteiger partial charge >= 0.3 is 0 Å². The highest BCUT2D eigenvalue weighted by Crippen LogP contribution is 2.30. The van der Waals surface area contributed by atoms with Crippen molar-refractivity contribution < 1.29 is 13.2 Å². The van der Waals surface area contributed by atoms with Gasteiger partial charge in [-0.3, -0.25) is 9.69 Å². The molecular weight excluding hydrogens is 356 g/mol. The van der Waals surface area contributed by atoms with Crippen LogP contribution in [0.4, 0.5) is 0 Å². The third-order valence-electron chi connectivity index (χ3n) is 5.08. The highest BCUT2D eigenvalue weighted by molar-refractivity contribution is 7.89. The van der Waals surface area contributed by atoms with Gasteiger partial charge in [0.1, 0.15) is 0 Å². The minimum Gasteiger partial charge on any atom is -0.295 e. The van der Waals surface area contributed by atoms with Crippen LogP contribution in [-0.4, -0.2) is 49.1 Å². The van der Waals surface area contributed by atoms with E-state index >= 15 is 0 Å². The Balaban J connectivity index is 1.42. The summed E-state index contributed by atoms with van der Waals surface area (Å²) in [5, 5.41) is 2.14. The Morgan fingerprint density at radius 2 is 1.88 bits per heavy atom. The highest BCUT2D eigenvalue weighted by Gasteiger charge is 2.40. The average Bonchev–Trinajstić information content (AvgIpc) is 3.01. The minimum absolute atomic E-state index is 0.0640. The van der Waals surface area contributed by atoms with Crippen LogP contribution in [-0.2, 0) is 23.0 Å². The van der Waals surface area contributed by atoms with E-state index in [0.717, 1.165) is 19.5 Å². The summed E-state index contributed by atoms with van der Waals surface area (Å²) >= 11 is 1.81. The highest BCUT2D eigenvalue weighted by atomic mass is 32.2. The monoisotopic (exact) mass is 376 g/mol. The molecule has 1 saturated heterocycles. The van der Waals surface area contributed by atoms with Crippen LogP contribution >= 0.6 is 11.3 Å². The van der Waals surface area contributed by atoms with Gasteiger partial charge in [0.05, 0.1) is 4.90 Å². The number of carbonyl (C=O) groups excluding carboxylic acids is 1. The smallest absolute Gasteiger partial charge is 0.243 e. The van der Waals surface area contributed by atoms with Crippen molar-refractivity contribution in [3.05, 3.63) is 51.7 Å². The molecule has 3 heterocycles. The summed E-state index contributed by atoms with van der Waals surface area (Å²) in [5.74, 6) is -0.0640. The van der Waals surface area contributed by atoms with E-state index in [-0.39, 0.29) is 10.7 Å². The Hall–Kier alpha value is -1.54. The molecule has 25 heavy (non-hydrogen) atoms. The first-order chi connectivity index (χ1) is 11.9. The lowest BCUT2D eigenvalue weighted by atomic mass is 10.0. The molecular formula is C18H20N2O3S2. The van der Waals surface area contributed by atoms with Gasteiger partial charge in [-0.25, -0.2) is 8.42 Å². The Morgan fingerprint density at radius 1 is 1.16 bits per heavy atom. The predicted molar refractivity (Wildman–Crippen MR) is 97.4 cm³/mol. The Morgan fingerprint density at radius 3 is 2.56 bits per heavy atom. The number of carbonyl (C=O) groups is 1. The number of benzene rings is 1. The first kappa shape index (κ1) is 16.9. The SMILES string of the molecule is CC(=O)c1ccc(S(=O)(=O)N2CC(N3CCc4sccc4C3)C2)cc1. The molecule has 132 valence electrons. The van der Waals surface area contributed by atoms with Gasteiger partial charge < -0.3 is 0 Å². The van der Waals surface area contributed by atoms with Gasteiger partial charge in [-0.05, 0) is 42.5 Å². The average molecular weight is 377 g/mol. The Labute approximate surface area is 151 Å². The molecule has 1 aromatic heterocycles. The van der Waals surface area contributed by atoms with Crippen LogP contribution in [0.15, 0.2) is 40.6 Å². The largest absolute Gasteiger partial charge is 0.295 e. The second-order valence-electron chi connectivity index (χ2n) is 6.65. The van der Waals surface area contributed by atoms with Gasteiger partial charge in [0.15, 0.2) is 5.78 Å².